The molecule has 106 valence electrons. The molecule has 1 amide bonds. The second kappa shape index (κ2) is 6.24. The molecule has 0 spiro atoms. The van der Waals surface area contributed by atoms with E-state index in [1.165, 1.54) is 12.8 Å². The van der Waals surface area contributed by atoms with Gasteiger partial charge in [0, 0.05) is 19.5 Å². The number of carbonyl (C=O) groups is 1. The molecule has 1 heterocycles. The molecule has 0 bridgehead atoms. The fraction of sp³-hybridized carbons (Fsp3) is 0.667. The van der Waals surface area contributed by atoms with E-state index in [9.17, 15) is 4.79 Å². The predicted molar refractivity (Wildman–Crippen MR) is 75.0 cm³/mol. The summed E-state index contributed by atoms with van der Waals surface area (Å²) in [5, 5.41) is 0. The first-order chi connectivity index (χ1) is 9.17. The summed E-state index contributed by atoms with van der Waals surface area (Å²) in [6, 6.07) is 3.90. The zero-order chi connectivity index (χ0) is 13.8. The number of hydrogen-bond donors (Lipinski definition) is 1. The van der Waals surface area contributed by atoms with Crippen molar-refractivity contribution in [3.8, 4) is 0 Å². The molecule has 0 saturated heterocycles. The van der Waals surface area contributed by atoms with E-state index in [0.29, 0.717) is 18.2 Å². The summed E-state index contributed by atoms with van der Waals surface area (Å²) in [7, 11) is 1.87. The van der Waals surface area contributed by atoms with Crippen molar-refractivity contribution in [1.29, 1.82) is 0 Å². The Hall–Kier alpha value is -1.29. The fourth-order valence-corrected chi connectivity index (χ4v) is 2.98. The lowest BCUT2D eigenvalue weighted by molar-refractivity contribution is 0.0587. The fourth-order valence-electron chi connectivity index (χ4n) is 2.98. The van der Waals surface area contributed by atoms with Crippen LogP contribution in [0.5, 0.6) is 0 Å². The molecule has 2 rings (SSSR count). The van der Waals surface area contributed by atoms with Gasteiger partial charge >= 0.3 is 0 Å². The number of aryl methyl sites for hydroxylation is 1. The van der Waals surface area contributed by atoms with Crippen LogP contribution in [0.1, 0.15) is 48.9 Å². The third-order valence-corrected chi connectivity index (χ3v) is 4.21. The van der Waals surface area contributed by atoms with E-state index < -0.39 is 0 Å². The van der Waals surface area contributed by atoms with Crippen LogP contribution in [-0.2, 0) is 6.42 Å². The molecule has 0 aliphatic heterocycles. The van der Waals surface area contributed by atoms with E-state index in [0.717, 1.165) is 25.0 Å². The molecule has 1 saturated carbocycles. The Labute approximate surface area is 114 Å². The van der Waals surface area contributed by atoms with Crippen LogP contribution in [0.4, 0.5) is 0 Å². The molecule has 0 radical (unpaired) electrons. The van der Waals surface area contributed by atoms with E-state index in [1.807, 2.05) is 24.9 Å². The monoisotopic (exact) mass is 264 g/mol. The third-order valence-electron chi connectivity index (χ3n) is 4.21. The molecule has 2 atom stereocenters. The zero-order valence-electron chi connectivity index (χ0n) is 11.9. The van der Waals surface area contributed by atoms with Gasteiger partial charge < -0.3 is 15.1 Å². The lowest BCUT2D eigenvalue weighted by atomic mass is 9.83. The summed E-state index contributed by atoms with van der Waals surface area (Å²) < 4.78 is 5.55. The molecule has 1 aliphatic rings. The first kappa shape index (κ1) is 14.1. The number of nitrogens with two attached hydrogens (primary N) is 1. The van der Waals surface area contributed by atoms with Crippen molar-refractivity contribution in [3.63, 3.8) is 0 Å². The molecular weight excluding hydrogens is 240 g/mol. The van der Waals surface area contributed by atoms with Crippen LogP contribution in [0, 0.1) is 5.92 Å². The standard InChI is InChI=1S/C15H24N2O2/c1-3-12-8-9-14(19-12)15(18)17(2)13-7-5-4-6-11(13)10-16/h8-9,11,13H,3-7,10,16H2,1-2H3. The molecule has 1 aromatic rings. The van der Waals surface area contributed by atoms with Crippen molar-refractivity contribution in [2.24, 2.45) is 11.7 Å². The number of nitrogens with zero attached hydrogens (tertiary/aromatic N) is 1. The van der Waals surface area contributed by atoms with Crippen LogP contribution in [0.25, 0.3) is 0 Å². The SMILES string of the molecule is CCc1ccc(C(=O)N(C)C2CCCCC2CN)o1. The molecule has 0 aromatic carbocycles. The highest BCUT2D eigenvalue weighted by molar-refractivity contribution is 5.91. The van der Waals surface area contributed by atoms with Crippen molar-refractivity contribution in [1.82, 2.24) is 4.90 Å². The van der Waals surface area contributed by atoms with Gasteiger partial charge in [-0.05, 0) is 37.4 Å². The van der Waals surface area contributed by atoms with Gasteiger partial charge in [-0.2, -0.15) is 0 Å². The lowest BCUT2D eigenvalue weighted by Gasteiger charge is -2.37. The van der Waals surface area contributed by atoms with Crippen molar-refractivity contribution < 1.29 is 9.21 Å². The Balaban J connectivity index is 2.08. The maximum Gasteiger partial charge on any atom is 0.289 e. The van der Waals surface area contributed by atoms with E-state index in [-0.39, 0.29) is 11.9 Å². The van der Waals surface area contributed by atoms with Crippen LogP contribution < -0.4 is 5.73 Å². The maximum absolute atomic E-state index is 12.4. The molecule has 1 aliphatic carbocycles. The second-order valence-electron chi connectivity index (χ2n) is 5.38. The molecule has 1 aromatic heterocycles. The van der Waals surface area contributed by atoms with Crippen molar-refractivity contribution in [3.05, 3.63) is 23.7 Å². The minimum atomic E-state index is -0.0231. The highest BCUT2D eigenvalue weighted by atomic mass is 16.4. The summed E-state index contributed by atoms with van der Waals surface area (Å²) in [5.74, 6) is 1.70. The molecule has 19 heavy (non-hydrogen) atoms. The number of hydrogen-bond acceptors (Lipinski definition) is 3. The van der Waals surface area contributed by atoms with E-state index >= 15 is 0 Å². The van der Waals surface area contributed by atoms with Crippen LogP contribution in [-0.4, -0.2) is 30.4 Å². The van der Waals surface area contributed by atoms with Gasteiger partial charge in [-0.15, -0.1) is 0 Å². The smallest absolute Gasteiger partial charge is 0.289 e. The molecule has 2 N–H and O–H groups in total. The van der Waals surface area contributed by atoms with E-state index in [2.05, 4.69) is 0 Å². The minimum Gasteiger partial charge on any atom is -0.456 e. The Morgan fingerprint density at radius 3 is 2.79 bits per heavy atom. The quantitative estimate of drug-likeness (QED) is 0.908. The zero-order valence-corrected chi connectivity index (χ0v) is 11.9. The third kappa shape index (κ3) is 3.00. The first-order valence-corrected chi connectivity index (χ1v) is 7.23. The average molecular weight is 264 g/mol. The molecule has 2 unspecified atom stereocenters. The largest absolute Gasteiger partial charge is 0.456 e. The summed E-state index contributed by atoms with van der Waals surface area (Å²) in [6.07, 6.45) is 5.38. The van der Waals surface area contributed by atoms with Gasteiger partial charge in [-0.3, -0.25) is 4.79 Å². The predicted octanol–water partition coefficient (Wildman–Crippen LogP) is 2.43. The Morgan fingerprint density at radius 2 is 2.16 bits per heavy atom. The summed E-state index contributed by atoms with van der Waals surface area (Å²) in [6.45, 7) is 2.67. The number of carbonyl (C=O) groups excluding carboxylic acids is 1. The summed E-state index contributed by atoms with van der Waals surface area (Å²) in [4.78, 5) is 14.3. The van der Waals surface area contributed by atoms with Gasteiger partial charge in [0.25, 0.3) is 5.91 Å². The molecular formula is C15H24N2O2. The summed E-state index contributed by atoms with van der Waals surface area (Å²) >= 11 is 0. The Bertz CT molecular complexity index is 428. The Morgan fingerprint density at radius 1 is 1.42 bits per heavy atom. The maximum atomic E-state index is 12.4. The normalized spacial score (nSPS) is 23.3. The van der Waals surface area contributed by atoms with Gasteiger partial charge in [0.05, 0.1) is 0 Å². The van der Waals surface area contributed by atoms with Crippen molar-refractivity contribution in [2.45, 2.75) is 45.1 Å². The molecule has 4 nitrogen and oxygen atoms in total. The topological polar surface area (TPSA) is 59.5 Å². The van der Waals surface area contributed by atoms with Crippen LogP contribution in [0.15, 0.2) is 16.5 Å². The average Bonchev–Trinajstić information content (AvgIpc) is 2.94. The highest BCUT2D eigenvalue weighted by Crippen LogP contribution is 2.28. The van der Waals surface area contributed by atoms with Gasteiger partial charge in [0.2, 0.25) is 0 Å². The van der Waals surface area contributed by atoms with Crippen LogP contribution >= 0.6 is 0 Å². The van der Waals surface area contributed by atoms with Crippen LogP contribution in [0.2, 0.25) is 0 Å². The van der Waals surface area contributed by atoms with Crippen molar-refractivity contribution in [2.75, 3.05) is 13.6 Å². The van der Waals surface area contributed by atoms with E-state index in [4.69, 9.17) is 10.2 Å². The number of rotatable bonds is 4. The van der Waals surface area contributed by atoms with Gasteiger partial charge in [-0.1, -0.05) is 19.8 Å². The Kier molecular flexibility index (Phi) is 4.64. The van der Waals surface area contributed by atoms with E-state index in [1.54, 1.807) is 6.07 Å². The van der Waals surface area contributed by atoms with Crippen LogP contribution in [0.3, 0.4) is 0 Å². The van der Waals surface area contributed by atoms with Gasteiger partial charge in [0.15, 0.2) is 5.76 Å². The van der Waals surface area contributed by atoms with Gasteiger partial charge in [0.1, 0.15) is 5.76 Å². The molecule has 1 fully saturated rings. The number of furan rings is 1. The van der Waals surface area contributed by atoms with Gasteiger partial charge in [-0.25, -0.2) is 0 Å². The summed E-state index contributed by atoms with van der Waals surface area (Å²) in [5.41, 5.74) is 5.83. The lowest BCUT2D eigenvalue weighted by Crippen LogP contribution is -2.45. The second-order valence-corrected chi connectivity index (χ2v) is 5.38. The highest BCUT2D eigenvalue weighted by Gasteiger charge is 2.31. The minimum absolute atomic E-state index is 0.0231. The number of amides is 1. The first-order valence-electron chi connectivity index (χ1n) is 7.23. The van der Waals surface area contributed by atoms with Crippen molar-refractivity contribution >= 4 is 5.91 Å². The molecule has 4 heteroatoms.